The minimum atomic E-state index is -4.83. The average Bonchev–Trinajstić information content (AvgIpc) is 1.54. The molecule has 6 N–H and O–H groups in total. The molecule has 0 saturated carbocycles. The highest BCUT2D eigenvalue weighted by Gasteiger charge is 2.34. The summed E-state index contributed by atoms with van der Waals surface area (Å²) in [5, 5.41) is 34.2. The zero-order chi connectivity index (χ0) is 95.5. The quantitative estimate of drug-likeness (QED) is 0.0294. The molecule has 15 rings (SSSR count). The molecule has 0 heterocycles. The minimum absolute atomic E-state index is 0.0362. The van der Waals surface area contributed by atoms with Crippen LogP contribution >= 0.6 is 0 Å². The smallest absolute Gasteiger partial charge is 0.506 e. The molecule has 696 valence electrons. The summed E-state index contributed by atoms with van der Waals surface area (Å²) in [5.41, 5.74) is 24.2. The average molecular weight is 1790 g/mol. The van der Waals surface area contributed by atoms with E-state index >= 15 is 0 Å². The van der Waals surface area contributed by atoms with Gasteiger partial charge in [-0.2, -0.15) is 5.26 Å². The lowest BCUT2D eigenvalue weighted by Gasteiger charge is -2.19. The van der Waals surface area contributed by atoms with Crippen LogP contribution in [0.1, 0.15) is 348 Å². The lowest BCUT2D eigenvalue weighted by atomic mass is 9.86. The monoisotopic (exact) mass is 1790 g/mol. The number of carbonyl (C=O) groups excluding carboxylic acids is 6. The summed E-state index contributed by atoms with van der Waals surface area (Å²) in [4.78, 5) is 74.7. The molecule has 0 aromatic heterocycles. The van der Waals surface area contributed by atoms with Gasteiger partial charge >= 0.3 is 12.3 Å². The first-order valence-corrected chi connectivity index (χ1v) is 47.3. The van der Waals surface area contributed by atoms with Crippen molar-refractivity contribution in [1.82, 2.24) is 0 Å². The summed E-state index contributed by atoms with van der Waals surface area (Å²) in [6, 6.07) is 61.3. The third-order valence-corrected chi connectivity index (χ3v) is 25.3. The van der Waals surface area contributed by atoms with Crippen LogP contribution < -0.4 is 36.1 Å². The van der Waals surface area contributed by atoms with E-state index in [1.807, 2.05) is 152 Å². The van der Waals surface area contributed by atoms with Crippen molar-refractivity contribution in [1.29, 1.82) is 5.26 Å². The molecular formula is C114H135F3N6O9. The van der Waals surface area contributed by atoms with E-state index in [2.05, 4.69) is 153 Å². The van der Waals surface area contributed by atoms with Crippen molar-refractivity contribution in [3.05, 3.63) is 305 Å². The van der Waals surface area contributed by atoms with Gasteiger partial charge in [-0.3, -0.25) is 28.8 Å². The van der Waals surface area contributed by atoms with Gasteiger partial charge in [-0.25, -0.2) is 0 Å². The van der Waals surface area contributed by atoms with Crippen molar-refractivity contribution in [3.63, 3.8) is 0 Å². The number of benzene rings is 10. The van der Waals surface area contributed by atoms with Crippen LogP contribution in [-0.2, 0) is 96.1 Å². The number of amides is 5. The van der Waals surface area contributed by atoms with Crippen molar-refractivity contribution in [2.45, 2.75) is 305 Å². The first kappa shape index (κ1) is 100. The second-order valence-electron chi connectivity index (χ2n) is 41.0. The highest BCUT2D eigenvalue weighted by atomic mass is 19.4. The Balaban J connectivity index is 0.000000159. The number of nitrogens with zero attached hydrogens (tertiary/aromatic N) is 1. The van der Waals surface area contributed by atoms with E-state index in [0.717, 1.165) is 119 Å². The molecule has 0 aliphatic heterocycles. The summed E-state index contributed by atoms with van der Waals surface area (Å²) >= 11 is 0. The fourth-order valence-corrected chi connectivity index (χ4v) is 17.3. The van der Waals surface area contributed by atoms with Gasteiger partial charge in [0.2, 0.25) is 0 Å². The van der Waals surface area contributed by atoms with Gasteiger partial charge in [-0.15, -0.1) is 13.2 Å². The lowest BCUT2D eigenvalue weighted by molar-refractivity contribution is -0.274. The molecule has 0 atom stereocenters. The molecule has 0 bridgehead atoms. The zero-order valence-electron chi connectivity index (χ0n) is 80.4. The number of aryl methyl sites for hydroxylation is 10. The predicted octanol–water partition coefficient (Wildman–Crippen LogP) is 27.9. The van der Waals surface area contributed by atoms with Gasteiger partial charge in [0.25, 0.3) is 29.5 Å². The van der Waals surface area contributed by atoms with Crippen LogP contribution in [0.4, 0.5) is 41.6 Å². The minimum Gasteiger partial charge on any atom is -0.506 e. The maximum atomic E-state index is 12.9. The Morgan fingerprint density at radius 2 is 0.545 bits per heavy atom. The first-order chi connectivity index (χ1) is 62.4. The van der Waals surface area contributed by atoms with Crippen LogP contribution in [0.3, 0.4) is 0 Å². The SMILES string of the molecule is CC(=O)Oc1cc2c(cc1NC(=O)c1ccc(C(C)(C)C)cc1)CCCCC2.CC(C)(C)c1ccc(C(=O)Nc2cc3c(cc2C#N)CCCCC3)cc1.CC(C)(C)c1ccc(C(=O)Nc2cc3c(cc2O)CCCCC3)cc1.CC(C)(C)c1ccc(C(=O)Nc2cc3c(cc2OC(F)(F)F)CCCCC3)cc1.CC(C)(C)c1ccc(C(=O)Nc2ccc3c(c2)CCCCC3)cc1. The van der Waals surface area contributed by atoms with E-state index in [-0.39, 0.29) is 67.9 Å². The number of hydrogen-bond donors (Lipinski definition) is 6. The number of ether oxygens (including phenoxy) is 2. The molecule has 18 heteroatoms. The van der Waals surface area contributed by atoms with E-state index < -0.39 is 18.2 Å². The molecular weight excluding hydrogens is 1650 g/mol. The lowest BCUT2D eigenvalue weighted by Crippen LogP contribution is -2.20. The van der Waals surface area contributed by atoms with E-state index in [1.54, 1.807) is 18.2 Å². The number of fused-ring (bicyclic) bond motifs is 5. The number of halogens is 3. The maximum absolute atomic E-state index is 12.9. The number of alkyl halides is 3. The number of nitrogens with one attached hydrogen (secondary N) is 5. The summed E-state index contributed by atoms with van der Waals surface area (Å²) in [6.45, 7) is 33.4. The van der Waals surface area contributed by atoms with Crippen LogP contribution in [0.5, 0.6) is 17.2 Å². The van der Waals surface area contributed by atoms with Crippen molar-refractivity contribution < 1.29 is 56.5 Å². The van der Waals surface area contributed by atoms with E-state index in [1.165, 1.54) is 138 Å². The zero-order valence-corrected chi connectivity index (χ0v) is 80.4. The van der Waals surface area contributed by atoms with Crippen LogP contribution in [-0.4, -0.2) is 47.0 Å². The van der Waals surface area contributed by atoms with Gasteiger partial charge in [0.1, 0.15) is 11.8 Å². The molecule has 0 saturated heterocycles. The van der Waals surface area contributed by atoms with Crippen LogP contribution in [0.2, 0.25) is 0 Å². The van der Waals surface area contributed by atoms with Crippen molar-refractivity contribution in [3.8, 4) is 23.3 Å². The Morgan fingerprint density at radius 3 is 0.856 bits per heavy atom. The highest BCUT2D eigenvalue weighted by molar-refractivity contribution is 6.08. The van der Waals surface area contributed by atoms with Gasteiger partial charge in [-0.05, 0) is 360 Å². The van der Waals surface area contributed by atoms with Gasteiger partial charge in [0.05, 0.1) is 28.3 Å². The van der Waals surface area contributed by atoms with Gasteiger partial charge in [0.15, 0.2) is 11.5 Å². The molecule has 0 radical (unpaired) electrons. The fourth-order valence-electron chi connectivity index (χ4n) is 17.3. The number of esters is 1. The third kappa shape index (κ3) is 29.0. The Kier molecular flexibility index (Phi) is 33.8. The van der Waals surface area contributed by atoms with Crippen LogP contribution in [0.25, 0.3) is 0 Å². The second-order valence-corrected chi connectivity index (χ2v) is 41.0. The number of rotatable bonds is 12. The Labute approximate surface area is 780 Å². The first-order valence-electron chi connectivity index (χ1n) is 47.3. The number of phenols is 1. The molecule has 5 aliphatic carbocycles. The molecule has 0 unspecified atom stereocenters. The molecule has 0 spiro atoms. The standard InChI is InChI=1S/C24H29NO3.C23H26F3NO2.C23H26N2O.C22H27NO2.C22H27NO/c1-16(26)28-22-15-19-9-7-5-6-8-18(19)14-21(22)25-23(27)17-10-12-20(13-11-17)24(2,3)4;1-22(2,3)18-11-9-15(10-12-18)21(28)27-19-13-16-7-5-4-6-8-17(16)14-20(19)29-23(24,25)26;1-23(2,3)20-11-9-16(10-12-20)22(26)25-21-14-18-8-6-4-5-7-17(18)13-19(21)15-24;1-22(2,3)18-11-9-15(10-12-18)21(25)23-19-13-16-7-5-4-6-8-17(16)14-20(19)24;1-22(2,3)19-12-9-17(10-13-19)21(24)23-20-14-11-16-7-5-4-6-8-18(16)15-20/h10-15H,5-9H2,1-4H3,(H,25,27);9-14H,4-8H2,1-3H3,(H,27,28);9-14H,4-8H2,1-3H3,(H,25,26);9-14,24H,4-8H2,1-3H3,(H,23,25);9-15H,4-8H2,1-3H3,(H,23,24). The number of carbonyl (C=O) groups is 6. The summed E-state index contributed by atoms with van der Waals surface area (Å²) in [7, 11) is 0. The molecule has 132 heavy (non-hydrogen) atoms. The van der Waals surface area contributed by atoms with Crippen molar-refractivity contribution >= 4 is 63.9 Å². The summed E-state index contributed by atoms with van der Waals surface area (Å²) < 4.78 is 48.4. The summed E-state index contributed by atoms with van der Waals surface area (Å²) in [5.74, 6) is -1.25. The largest absolute Gasteiger partial charge is 0.573 e. The number of anilines is 5. The summed E-state index contributed by atoms with van der Waals surface area (Å²) in [6.07, 6.45) is 22.3. The number of hydrogen-bond acceptors (Lipinski definition) is 10. The molecule has 5 amide bonds. The van der Waals surface area contributed by atoms with Gasteiger partial charge in [0, 0.05) is 40.4 Å². The topological polar surface area (TPSA) is 225 Å². The van der Waals surface area contributed by atoms with E-state index in [4.69, 9.17) is 4.74 Å². The molecule has 15 nitrogen and oxygen atoms in total. The highest BCUT2D eigenvalue weighted by Crippen LogP contribution is 2.40. The molecule has 10 aromatic rings. The van der Waals surface area contributed by atoms with E-state index in [0.29, 0.717) is 62.6 Å². The van der Waals surface area contributed by atoms with Crippen LogP contribution in [0.15, 0.2) is 188 Å². The number of aromatic hydroxyl groups is 1. The normalized spacial score (nSPS) is 14.4. The van der Waals surface area contributed by atoms with Crippen molar-refractivity contribution in [2.24, 2.45) is 0 Å². The number of phenolic OH excluding ortho intramolecular Hbond substituents is 1. The van der Waals surface area contributed by atoms with Crippen LogP contribution in [0, 0.1) is 11.3 Å². The number of nitriles is 1. The second kappa shape index (κ2) is 44.4. The predicted molar refractivity (Wildman–Crippen MR) is 528 cm³/mol. The molecule has 0 fully saturated rings. The third-order valence-electron chi connectivity index (χ3n) is 25.3. The van der Waals surface area contributed by atoms with E-state index in [9.17, 15) is 52.3 Å². The Bertz CT molecular complexity index is 5750. The van der Waals surface area contributed by atoms with Gasteiger partial charge < -0.3 is 41.2 Å². The fraction of sp³-hybridized carbons (Fsp3) is 0.412. The molecule has 5 aliphatic rings. The maximum Gasteiger partial charge on any atom is 0.573 e. The Morgan fingerprint density at radius 1 is 0.295 bits per heavy atom. The Hall–Kier alpha value is -12.1. The van der Waals surface area contributed by atoms with Crippen molar-refractivity contribution in [2.75, 3.05) is 26.6 Å². The van der Waals surface area contributed by atoms with Gasteiger partial charge in [-0.1, -0.05) is 203 Å². The molecule has 10 aromatic carbocycles.